The number of hydrogen-bond acceptors (Lipinski definition) is 3. The van der Waals surface area contributed by atoms with Gasteiger partial charge >= 0.3 is 0 Å². The van der Waals surface area contributed by atoms with Crippen molar-refractivity contribution in [2.45, 2.75) is 31.9 Å². The molecule has 6 heteroatoms. The van der Waals surface area contributed by atoms with Crippen molar-refractivity contribution in [3.8, 4) is 0 Å². The topological polar surface area (TPSA) is 66.4 Å². The molecule has 0 aliphatic rings. The molecule has 0 fully saturated rings. The molecule has 0 saturated heterocycles. The SMILES string of the molecule is C[C@H](NC(=O)CCC(=O)c1ccccc1)[C@@H](O)c1ccc(F)c(F)c1. The number of hydrogen-bond donors (Lipinski definition) is 2. The largest absolute Gasteiger partial charge is 0.386 e. The summed E-state index contributed by atoms with van der Waals surface area (Å²) in [5.41, 5.74) is 0.692. The molecule has 0 saturated carbocycles. The molecule has 0 unspecified atom stereocenters. The Morgan fingerprint density at radius 1 is 1.04 bits per heavy atom. The number of halogens is 2. The van der Waals surface area contributed by atoms with Crippen molar-refractivity contribution in [1.29, 1.82) is 0 Å². The summed E-state index contributed by atoms with van der Waals surface area (Å²) >= 11 is 0. The predicted molar refractivity (Wildman–Crippen MR) is 88.9 cm³/mol. The quantitative estimate of drug-likeness (QED) is 0.756. The van der Waals surface area contributed by atoms with Gasteiger partial charge in [0.2, 0.25) is 5.91 Å². The molecule has 0 bridgehead atoms. The molecule has 25 heavy (non-hydrogen) atoms. The van der Waals surface area contributed by atoms with Gasteiger partial charge in [0.25, 0.3) is 0 Å². The molecule has 0 heterocycles. The Balaban J connectivity index is 1.86. The second kappa shape index (κ2) is 8.48. The summed E-state index contributed by atoms with van der Waals surface area (Å²) in [5, 5.41) is 12.7. The van der Waals surface area contributed by atoms with E-state index in [1.165, 1.54) is 6.07 Å². The van der Waals surface area contributed by atoms with E-state index in [0.29, 0.717) is 5.56 Å². The van der Waals surface area contributed by atoms with E-state index in [1.54, 1.807) is 37.3 Å². The van der Waals surface area contributed by atoms with Crippen LogP contribution in [0.2, 0.25) is 0 Å². The molecule has 0 aromatic heterocycles. The molecule has 132 valence electrons. The van der Waals surface area contributed by atoms with Gasteiger partial charge in [-0.3, -0.25) is 9.59 Å². The van der Waals surface area contributed by atoms with E-state index < -0.39 is 29.7 Å². The third-order valence-electron chi connectivity index (χ3n) is 3.82. The fraction of sp³-hybridized carbons (Fsp3) is 0.263. The summed E-state index contributed by atoms with van der Waals surface area (Å²) < 4.78 is 26.2. The fourth-order valence-corrected chi connectivity index (χ4v) is 2.39. The molecule has 0 aliphatic heterocycles. The third-order valence-corrected chi connectivity index (χ3v) is 3.82. The third kappa shape index (κ3) is 5.19. The molecule has 0 aliphatic carbocycles. The summed E-state index contributed by atoms with van der Waals surface area (Å²) in [6.07, 6.45) is -1.17. The number of nitrogens with one attached hydrogen (secondary N) is 1. The average Bonchev–Trinajstić information content (AvgIpc) is 2.62. The highest BCUT2D eigenvalue weighted by atomic mass is 19.2. The highest BCUT2D eigenvalue weighted by Gasteiger charge is 2.20. The van der Waals surface area contributed by atoms with Crippen LogP contribution in [-0.4, -0.2) is 22.8 Å². The minimum absolute atomic E-state index is 0.0252. The highest BCUT2D eigenvalue weighted by molar-refractivity contribution is 5.97. The minimum Gasteiger partial charge on any atom is -0.386 e. The van der Waals surface area contributed by atoms with Crippen molar-refractivity contribution in [1.82, 2.24) is 5.32 Å². The number of ketones is 1. The van der Waals surface area contributed by atoms with Crippen LogP contribution in [-0.2, 0) is 4.79 Å². The Morgan fingerprint density at radius 3 is 2.36 bits per heavy atom. The van der Waals surface area contributed by atoms with E-state index in [-0.39, 0.29) is 24.2 Å². The van der Waals surface area contributed by atoms with Gasteiger partial charge in [-0.15, -0.1) is 0 Å². The number of carbonyl (C=O) groups excluding carboxylic acids is 2. The molecular weight excluding hydrogens is 328 g/mol. The standard InChI is InChI=1S/C19H19F2NO3/c1-12(19(25)14-7-8-15(20)16(21)11-14)22-18(24)10-9-17(23)13-5-3-2-4-6-13/h2-8,11-12,19,25H,9-10H2,1H3,(H,22,24)/t12-,19+/m0/s1. The molecule has 2 rings (SSSR count). The molecule has 2 atom stereocenters. The van der Waals surface area contributed by atoms with Gasteiger partial charge in [-0.1, -0.05) is 36.4 Å². The summed E-state index contributed by atoms with van der Waals surface area (Å²) in [6, 6.07) is 11.0. The van der Waals surface area contributed by atoms with Crippen LogP contribution < -0.4 is 5.32 Å². The maximum absolute atomic E-state index is 13.2. The van der Waals surface area contributed by atoms with Crippen molar-refractivity contribution in [3.63, 3.8) is 0 Å². The molecule has 0 radical (unpaired) electrons. The van der Waals surface area contributed by atoms with Gasteiger partial charge in [0.15, 0.2) is 17.4 Å². The summed E-state index contributed by atoms with van der Waals surface area (Å²) in [4.78, 5) is 23.9. The number of amides is 1. The van der Waals surface area contributed by atoms with Crippen LogP contribution in [0.5, 0.6) is 0 Å². The molecule has 2 aromatic rings. The maximum Gasteiger partial charge on any atom is 0.220 e. The van der Waals surface area contributed by atoms with Crippen LogP contribution in [0.15, 0.2) is 48.5 Å². The van der Waals surface area contributed by atoms with E-state index >= 15 is 0 Å². The van der Waals surface area contributed by atoms with Gasteiger partial charge in [0.05, 0.1) is 12.1 Å². The van der Waals surface area contributed by atoms with Crippen LogP contribution in [0, 0.1) is 11.6 Å². The smallest absolute Gasteiger partial charge is 0.220 e. The van der Waals surface area contributed by atoms with Crippen LogP contribution in [0.25, 0.3) is 0 Å². The van der Waals surface area contributed by atoms with Gasteiger partial charge in [-0.25, -0.2) is 8.78 Å². The van der Waals surface area contributed by atoms with Gasteiger partial charge in [-0.2, -0.15) is 0 Å². The van der Waals surface area contributed by atoms with Crippen LogP contribution in [0.1, 0.15) is 41.8 Å². The molecule has 4 nitrogen and oxygen atoms in total. The number of Topliss-reactive ketones (excluding diaryl/α,β-unsaturated/α-hetero) is 1. The Labute approximate surface area is 144 Å². The summed E-state index contributed by atoms with van der Waals surface area (Å²) in [5.74, 6) is -2.63. The Bertz CT molecular complexity index is 750. The number of aliphatic hydroxyl groups is 1. The minimum atomic E-state index is -1.19. The Kier molecular flexibility index (Phi) is 6.36. The fourth-order valence-electron chi connectivity index (χ4n) is 2.39. The van der Waals surface area contributed by atoms with Gasteiger partial charge < -0.3 is 10.4 Å². The normalized spacial score (nSPS) is 13.1. The van der Waals surface area contributed by atoms with E-state index in [4.69, 9.17) is 0 Å². The van der Waals surface area contributed by atoms with Crippen molar-refractivity contribution < 1.29 is 23.5 Å². The zero-order chi connectivity index (χ0) is 18.4. The van der Waals surface area contributed by atoms with Crippen molar-refractivity contribution in [2.24, 2.45) is 0 Å². The molecule has 2 aromatic carbocycles. The average molecular weight is 347 g/mol. The Morgan fingerprint density at radius 2 is 1.72 bits per heavy atom. The van der Waals surface area contributed by atoms with E-state index in [2.05, 4.69) is 5.32 Å². The number of aliphatic hydroxyl groups excluding tert-OH is 1. The maximum atomic E-state index is 13.2. The number of benzene rings is 2. The second-order valence-electron chi connectivity index (χ2n) is 5.76. The zero-order valence-electron chi connectivity index (χ0n) is 13.7. The molecule has 0 spiro atoms. The van der Waals surface area contributed by atoms with Crippen LogP contribution in [0.3, 0.4) is 0 Å². The van der Waals surface area contributed by atoms with E-state index in [1.807, 2.05) is 0 Å². The Hall–Kier alpha value is -2.60. The van der Waals surface area contributed by atoms with Gasteiger partial charge in [-0.05, 0) is 24.6 Å². The van der Waals surface area contributed by atoms with Crippen molar-refractivity contribution >= 4 is 11.7 Å². The first-order valence-corrected chi connectivity index (χ1v) is 7.89. The number of rotatable bonds is 7. The molecule has 1 amide bonds. The highest BCUT2D eigenvalue weighted by Crippen LogP contribution is 2.19. The van der Waals surface area contributed by atoms with Gasteiger partial charge in [0, 0.05) is 18.4 Å². The molecule has 2 N–H and O–H groups in total. The lowest BCUT2D eigenvalue weighted by Gasteiger charge is -2.20. The second-order valence-corrected chi connectivity index (χ2v) is 5.76. The lowest BCUT2D eigenvalue weighted by molar-refractivity contribution is -0.122. The zero-order valence-corrected chi connectivity index (χ0v) is 13.7. The monoisotopic (exact) mass is 347 g/mol. The number of carbonyl (C=O) groups is 2. The van der Waals surface area contributed by atoms with E-state index in [0.717, 1.165) is 12.1 Å². The molecular formula is C19H19F2NO3. The first-order chi connectivity index (χ1) is 11.9. The first-order valence-electron chi connectivity index (χ1n) is 7.89. The van der Waals surface area contributed by atoms with E-state index in [9.17, 15) is 23.5 Å². The summed E-state index contributed by atoms with van der Waals surface area (Å²) in [7, 11) is 0. The van der Waals surface area contributed by atoms with Crippen molar-refractivity contribution in [2.75, 3.05) is 0 Å². The van der Waals surface area contributed by atoms with Crippen molar-refractivity contribution in [3.05, 3.63) is 71.3 Å². The lowest BCUT2D eigenvalue weighted by atomic mass is 10.0. The summed E-state index contributed by atoms with van der Waals surface area (Å²) in [6.45, 7) is 1.54. The first kappa shape index (κ1) is 18.7. The lowest BCUT2D eigenvalue weighted by Crippen LogP contribution is -2.37. The van der Waals surface area contributed by atoms with Crippen LogP contribution >= 0.6 is 0 Å². The van der Waals surface area contributed by atoms with Gasteiger partial charge in [0.1, 0.15) is 0 Å². The predicted octanol–water partition coefficient (Wildman–Crippen LogP) is 3.17. The van der Waals surface area contributed by atoms with Crippen LogP contribution in [0.4, 0.5) is 8.78 Å².